The fourth-order valence-electron chi connectivity index (χ4n) is 2.87. The first-order valence-corrected chi connectivity index (χ1v) is 9.43. The molecule has 1 atom stereocenters. The van der Waals surface area contributed by atoms with Crippen molar-refractivity contribution in [2.75, 3.05) is 7.11 Å². The second kappa shape index (κ2) is 8.22. The molecule has 8 heteroatoms. The maximum atomic E-state index is 12.6. The highest BCUT2D eigenvalue weighted by molar-refractivity contribution is 7.07. The molecule has 0 aliphatic rings. The fraction of sp³-hybridized carbons (Fsp3) is 0.316. The zero-order valence-electron chi connectivity index (χ0n) is 15.5. The molecule has 0 aliphatic heterocycles. The number of nitrogens with zero attached hydrogens (tertiary/aromatic N) is 3. The minimum absolute atomic E-state index is 0.0453. The third kappa shape index (κ3) is 4.28. The van der Waals surface area contributed by atoms with Gasteiger partial charge in [0.1, 0.15) is 17.6 Å². The second-order valence-electron chi connectivity index (χ2n) is 6.21. The summed E-state index contributed by atoms with van der Waals surface area (Å²) in [5.41, 5.74) is 1.77. The number of rotatable bonds is 7. The highest BCUT2D eigenvalue weighted by Gasteiger charge is 2.21. The number of amides is 1. The third-order valence-electron chi connectivity index (χ3n) is 4.41. The maximum absolute atomic E-state index is 12.6. The Morgan fingerprint density at radius 2 is 2.07 bits per heavy atom. The van der Waals surface area contributed by atoms with Crippen molar-refractivity contribution in [1.82, 2.24) is 19.4 Å². The number of methoxy groups -OCH3 is 1. The zero-order valence-corrected chi connectivity index (χ0v) is 16.3. The molecule has 0 saturated carbocycles. The predicted molar refractivity (Wildman–Crippen MR) is 104 cm³/mol. The summed E-state index contributed by atoms with van der Waals surface area (Å²) in [6, 6.07) is 7.14. The van der Waals surface area contributed by atoms with Crippen LogP contribution < -0.4 is 14.9 Å². The SMILES string of the molecule is COc1ccc(C(NC(=O)CCn2c(C)csc2=O)c2nccn2C)cc1. The molecule has 7 nitrogen and oxygen atoms in total. The Balaban J connectivity index is 1.77. The number of aryl methyl sites for hydroxylation is 2. The van der Waals surface area contributed by atoms with Crippen molar-refractivity contribution >= 4 is 17.2 Å². The molecule has 0 fully saturated rings. The van der Waals surface area contributed by atoms with Gasteiger partial charge in [-0.15, -0.1) is 0 Å². The molecule has 0 spiro atoms. The summed E-state index contributed by atoms with van der Waals surface area (Å²) in [4.78, 5) is 28.7. The number of hydrogen-bond acceptors (Lipinski definition) is 5. The molecule has 1 amide bonds. The van der Waals surface area contributed by atoms with Crippen LogP contribution in [0.4, 0.5) is 0 Å². The first kappa shape index (κ1) is 18.9. The van der Waals surface area contributed by atoms with E-state index in [2.05, 4.69) is 10.3 Å². The Hall–Kier alpha value is -2.87. The van der Waals surface area contributed by atoms with Crippen molar-refractivity contribution in [2.45, 2.75) is 25.9 Å². The molecule has 27 heavy (non-hydrogen) atoms. The van der Waals surface area contributed by atoms with E-state index >= 15 is 0 Å². The summed E-state index contributed by atoms with van der Waals surface area (Å²) in [6.07, 6.45) is 3.76. The lowest BCUT2D eigenvalue weighted by Crippen LogP contribution is -2.32. The van der Waals surface area contributed by atoms with Gasteiger partial charge >= 0.3 is 4.87 Å². The molecule has 0 bridgehead atoms. The molecule has 0 aliphatic carbocycles. The smallest absolute Gasteiger partial charge is 0.307 e. The molecule has 3 aromatic rings. The van der Waals surface area contributed by atoms with E-state index in [4.69, 9.17) is 4.74 Å². The number of carbonyl (C=O) groups is 1. The van der Waals surface area contributed by atoms with Crippen molar-refractivity contribution < 1.29 is 9.53 Å². The van der Waals surface area contributed by atoms with Crippen LogP contribution in [0.2, 0.25) is 0 Å². The number of benzene rings is 1. The summed E-state index contributed by atoms with van der Waals surface area (Å²) in [5.74, 6) is 1.34. The summed E-state index contributed by atoms with van der Waals surface area (Å²) in [7, 11) is 3.50. The van der Waals surface area contributed by atoms with E-state index in [9.17, 15) is 9.59 Å². The summed E-state index contributed by atoms with van der Waals surface area (Å²) in [6.45, 7) is 2.22. The van der Waals surface area contributed by atoms with Crippen LogP contribution >= 0.6 is 11.3 Å². The first-order valence-electron chi connectivity index (χ1n) is 8.55. The molecule has 1 aromatic carbocycles. The molecule has 1 N–H and O–H groups in total. The van der Waals surface area contributed by atoms with Gasteiger partial charge in [0.15, 0.2) is 0 Å². The van der Waals surface area contributed by atoms with Crippen molar-refractivity contribution in [3.8, 4) is 5.75 Å². The Labute approximate surface area is 161 Å². The first-order chi connectivity index (χ1) is 13.0. The molecule has 0 saturated heterocycles. The van der Waals surface area contributed by atoms with Crippen LogP contribution in [-0.2, 0) is 18.4 Å². The van der Waals surface area contributed by atoms with E-state index in [1.807, 2.05) is 49.0 Å². The van der Waals surface area contributed by atoms with Gasteiger partial charge in [0.05, 0.1) is 7.11 Å². The van der Waals surface area contributed by atoms with Gasteiger partial charge in [0, 0.05) is 43.5 Å². The van der Waals surface area contributed by atoms with Gasteiger partial charge in [-0.1, -0.05) is 23.5 Å². The number of thiazole rings is 1. The molecule has 1 unspecified atom stereocenters. The topological polar surface area (TPSA) is 78.2 Å². The van der Waals surface area contributed by atoms with E-state index in [1.165, 1.54) is 0 Å². The summed E-state index contributed by atoms with van der Waals surface area (Å²) < 4.78 is 8.70. The molecule has 3 rings (SSSR count). The van der Waals surface area contributed by atoms with Crippen molar-refractivity contribution in [3.05, 3.63) is 68.8 Å². The molecule has 2 aromatic heterocycles. The highest BCUT2D eigenvalue weighted by atomic mass is 32.1. The minimum atomic E-state index is -0.385. The van der Waals surface area contributed by atoms with E-state index < -0.39 is 0 Å². The van der Waals surface area contributed by atoms with Crippen LogP contribution in [0.15, 0.2) is 46.8 Å². The van der Waals surface area contributed by atoms with Gasteiger partial charge < -0.3 is 19.2 Å². The van der Waals surface area contributed by atoms with Gasteiger partial charge in [-0.25, -0.2) is 4.98 Å². The van der Waals surface area contributed by atoms with Crippen LogP contribution in [0.3, 0.4) is 0 Å². The Bertz CT molecular complexity index is 972. The third-order valence-corrected chi connectivity index (χ3v) is 5.29. The number of imidazole rings is 1. The van der Waals surface area contributed by atoms with Gasteiger partial charge in [-0.2, -0.15) is 0 Å². The number of hydrogen-bond donors (Lipinski definition) is 1. The van der Waals surface area contributed by atoms with Crippen molar-refractivity contribution in [3.63, 3.8) is 0 Å². The number of carbonyl (C=O) groups excluding carboxylic acids is 1. The van der Waals surface area contributed by atoms with Gasteiger partial charge in [0.25, 0.3) is 0 Å². The van der Waals surface area contributed by atoms with Gasteiger partial charge in [0.2, 0.25) is 5.91 Å². The molecular formula is C19H22N4O3S. The Morgan fingerprint density at radius 1 is 1.33 bits per heavy atom. The lowest BCUT2D eigenvalue weighted by atomic mass is 10.1. The molecular weight excluding hydrogens is 364 g/mol. The average molecular weight is 386 g/mol. The second-order valence-corrected chi connectivity index (χ2v) is 7.04. The summed E-state index contributed by atoms with van der Waals surface area (Å²) >= 11 is 1.15. The normalized spacial score (nSPS) is 12.0. The molecule has 2 heterocycles. The van der Waals surface area contributed by atoms with Crippen LogP contribution in [0, 0.1) is 6.92 Å². The Morgan fingerprint density at radius 3 is 2.63 bits per heavy atom. The van der Waals surface area contributed by atoms with Crippen molar-refractivity contribution in [1.29, 1.82) is 0 Å². The number of ether oxygens (including phenoxy) is 1. The van der Waals surface area contributed by atoms with E-state index in [0.29, 0.717) is 6.54 Å². The molecule has 0 radical (unpaired) electrons. The van der Waals surface area contributed by atoms with Crippen LogP contribution in [0.1, 0.15) is 29.5 Å². The standard InChI is InChI=1S/C19H22N4O3S/c1-13-12-27-19(25)23(13)10-8-16(24)21-17(18-20-9-11-22(18)2)14-4-6-15(26-3)7-5-14/h4-7,9,11-12,17H,8,10H2,1-3H3,(H,21,24). The number of aromatic nitrogens is 3. The lowest BCUT2D eigenvalue weighted by molar-refractivity contribution is -0.121. The summed E-state index contributed by atoms with van der Waals surface area (Å²) in [5, 5.41) is 4.84. The Kier molecular flexibility index (Phi) is 5.75. The van der Waals surface area contributed by atoms with Crippen LogP contribution in [0.25, 0.3) is 0 Å². The average Bonchev–Trinajstić information content (AvgIpc) is 3.23. The lowest BCUT2D eigenvalue weighted by Gasteiger charge is -2.19. The minimum Gasteiger partial charge on any atom is -0.497 e. The molecule has 142 valence electrons. The maximum Gasteiger partial charge on any atom is 0.307 e. The van der Waals surface area contributed by atoms with E-state index in [1.54, 1.807) is 23.3 Å². The van der Waals surface area contributed by atoms with Crippen LogP contribution in [-0.4, -0.2) is 27.1 Å². The highest BCUT2D eigenvalue weighted by Crippen LogP contribution is 2.23. The van der Waals surface area contributed by atoms with Gasteiger partial charge in [-0.3, -0.25) is 9.59 Å². The monoisotopic (exact) mass is 386 g/mol. The fourth-order valence-corrected chi connectivity index (χ4v) is 3.63. The van der Waals surface area contributed by atoms with E-state index in [-0.39, 0.29) is 23.2 Å². The quantitative estimate of drug-likeness (QED) is 0.676. The van der Waals surface area contributed by atoms with Gasteiger partial charge in [-0.05, 0) is 24.6 Å². The van der Waals surface area contributed by atoms with Crippen molar-refractivity contribution in [2.24, 2.45) is 7.05 Å². The zero-order chi connectivity index (χ0) is 19.4. The van der Waals surface area contributed by atoms with E-state index in [0.717, 1.165) is 34.2 Å². The largest absolute Gasteiger partial charge is 0.497 e. The predicted octanol–water partition coefficient (Wildman–Crippen LogP) is 2.26. The number of nitrogens with one attached hydrogen (secondary N) is 1. The van der Waals surface area contributed by atoms with Crippen LogP contribution in [0.5, 0.6) is 5.75 Å².